The molecule has 0 fully saturated rings. The van der Waals surface area contributed by atoms with Gasteiger partial charge in [0, 0.05) is 67.1 Å². The second-order valence-electron chi connectivity index (χ2n) is 29.2. The molecule has 0 bridgehead atoms. The third kappa shape index (κ3) is 9.75. The Kier molecular flexibility index (Phi) is 11.2. The third-order valence-corrected chi connectivity index (χ3v) is 18.9. The van der Waals surface area contributed by atoms with Gasteiger partial charge in [0.25, 0.3) is 6.71 Å². The minimum absolute atomic E-state index is 0.00960. The third-order valence-electron chi connectivity index (χ3n) is 18.9. The van der Waals surface area contributed by atoms with Gasteiger partial charge < -0.3 is 18.8 Å². The van der Waals surface area contributed by atoms with Crippen LogP contribution in [0, 0.1) is 0 Å². The molecule has 5 heterocycles. The topological polar surface area (TPSA) is 61.0 Å². The van der Waals surface area contributed by atoms with E-state index in [1.165, 1.54) is 33.0 Å². The van der Waals surface area contributed by atoms with E-state index in [0.717, 1.165) is 61.1 Å². The lowest BCUT2D eigenvalue weighted by Gasteiger charge is -2.41. The predicted octanol–water partition coefficient (Wildman–Crippen LogP) is 20.3. The van der Waals surface area contributed by atoms with Crippen LogP contribution in [0.1, 0.15) is 116 Å². The highest BCUT2D eigenvalue weighted by Crippen LogP contribution is 2.49. The SMILES string of the molecule is [2H]c1c([2H])c([2H])c2c(c1[2H])c1c([2H])c([2H])c([2H])c([2H])c1n2-c1ccc2c(c1)N(c1ccccc1-c1nc(-c3ccccc3)nc(-c3ccccc3)n1)c1cc(-c3cc(C(C)(C)C)cc(C(C)(C)C)c3)cc3c1B2c1ccc(-n2c4ccc(C(C)(C)C)cc4c4cc(C(C)(C)C)ccc42)cc1O3. The number of ether oxygens (including phenoxy) is 1. The van der Waals surface area contributed by atoms with Crippen LogP contribution in [0.15, 0.2) is 236 Å². The van der Waals surface area contributed by atoms with Gasteiger partial charge in [0.15, 0.2) is 17.5 Å². The van der Waals surface area contributed by atoms with Gasteiger partial charge in [-0.1, -0.05) is 235 Å². The number of benzene rings is 11. The van der Waals surface area contributed by atoms with Gasteiger partial charge in [-0.15, -0.1) is 0 Å². The number of anilines is 3. The average Bonchev–Trinajstić information content (AvgIpc) is 1.64. The van der Waals surface area contributed by atoms with E-state index < -0.39 is 43.0 Å². The zero-order valence-corrected chi connectivity index (χ0v) is 54.6. The molecule has 2 aliphatic heterocycles. The van der Waals surface area contributed by atoms with Crippen LogP contribution in [-0.4, -0.2) is 30.8 Å². The van der Waals surface area contributed by atoms with E-state index in [9.17, 15) is 5.48 Å². The van der Waals surface area contributed by atoms with Gasteiger partial charge in [-0.2, -0.15) is 0 Å². The van der Waals surface area contributed by atoms with Crippen molar-refractivity contribution in [3.05, 3.63) is 259 Å². The molecule has 8 heteroatoms. The molecule has 0 radical (unpaired) electrons. The summed E-state index contributed by atoms with van der Waals surface area (Å²) in [5.41, 5.74) is 16.7. The fourth-order valence-corrected chi connectivity index (χ4v) is 13.8. The van der Waals surface area contributed by atoms with Crippen molar-refractivity contribution in [2.45, 2.75) is 105 Å². The van der Waals surface area contributed by atoms with E-state index >= 15 is 0 Å². The average molecular weight is 1220 g/mol. The van der Waals surface area contributed by atoms with Crippen LogP contribution in [0.25, 0.3) is 100 Å². The van der Waals surface area contributed by atoms with Crippen molar-refractivity contribution in [2.75, 3.05) is 4.90 Å². The number of hydrogen-bond acceptors (Lipinski definition) is 5. The van der Waals surface area contributed by atoms with E-state index in [-0.39, 0.29) is 55.6 Å². The van der Waals surface area contributed by atoms with Crippen molar-refractivity contribution in [1.29, 1.82) is 0 Å². The maximum atomic E-state index is 9.68. The van der Waals surface area contributed by atoms with Crippen molar-refractivity contribution < 1.29 is 15.7 Å². The highest BCUT2D eigenvalue weighted by molar-refractivity contribution is 6.99. The Balaban J connectivity index is 1.02. The van der Waals surface area contributed by atoms with Gasteiger partial charge in [-0.25, -0.2) is 15.0 Å². The lowest BCUT2D eigenvalue weighted by molar-refractivity contribution is 0.487. The zero-order chi connectivity index (χ0) is 71.0. The lowest BCUT2D eigenvalue weighted by atomic mass is 9.34. The van der Waals surface area contributed by atoms with E-state index in [4.69, 9.17) is 25.2 Å². The molecule has 0 aliphatic carbocycles. The first-order chi connectivity index (χ1) is 47.9. The largest absolute Gasteiger partial charge is 0.458 e. The quantitative estimate of drug-likeness (QED) is 0.149. The molecular formula is C85H75BN6O. The van der Waals surface area contributed by atoms with Crippen LogP contribution >= 0.6 is 0 Å². The van der Waals surface area contributed by atoms with E-state index in [2.05, 4.69) is 190 Å². The van der Waals surface area contributed by atoms with Crippen LogP contribution in [-0.2, 0) is 21.7 Å². The van der Waals surface area contributed by atoms with Gasteiger partial charge in [0.1, 0.15) is 11.5 Å². The molecule has 0 saturated carbocycles. The summed E-state index contributed by atoms with van der Waals surface area (Å²) in [5, 5.41) is 2.31. The monoisotopic (exact) mass is 1210 g/mol. The first-order valence-corrected chi connectivity index (χ1v) is 32.1. The molecule has 0 amide bonds. The van der Waals surface area contributed by atoms with Gasteiger partial charge in [0.2, 0.25) is 0 Å². The van der Waals surface area contributed by atoms with E-state index in [1.54, 1.807) is 4.57 Å². The molecule has 3 aromatic heterocycles. The molecule has 0 saturated heterocycles. The van der Waals surface area contributed by atoms with Gasteiger partial charge in [-0.3, -0.25) is 0 Å². The summed E-state index contributed by atoms with van der Waals surface area (Å²) in [6.07, 6.45) is 0. The molecule has 0 N–H and O–H groups in total. The van der Waals surface area contributed by atoms with Crippen LogP contribution in [0.5, 0.6) is 11.5 Å². The lowest BCUT2D eigenvalue weighted by Crippen LogP contribution is -2.59. The summed E-state index contributed by atoms with van der Waals surface area (Å²) in [6, 6.07) is 61.9. The Bertz CT molecular complexity index is 5620. The molecule has 0 unspecified atom stereocenters. The highest BCUT2D eigenvalue weighted by Gasteiger charge is 2.44. The Morgan fingerprint density at radius 2 is 0.839 bits per heavy atom. The second kappa shape index (κ2) is 21.1. The van der Waals surface area contributed by atoms with Crippen LogP contribution in [0.2, 0.25) is 0 Å². The van der Waals surface area contributed by atoms with Crippen LogP contribution in [0.3, 0.4) is 0 Å². The summed E-state index contributed by atoms with van der Waals surface area (Å²) in [5.74, 6) is 2.69. The maximum absolute atomic E-state index is 9.68. The van der Waals surface area contributed by atoms with E-state index in [0.29, 0.717) is 51.6 Å². The summed E-state index contributed by atoms with van der Waals surface area (Å²) < 4.78 is 86.0. The molecule has 0 atom stereocenters. The summed E-state index contributed by atoms with van der Waals surface area (Å²) in [6.45, 7) is 26.5. The number of aromatic nitrogens is 5. The van der Waals surface area contributed by atoms with Gasteiger partial charge in [-0.05, 0) is 150 Å². The van der Waals surface area contributed by atoms with Gasteiger partial charge in [0.05, 0.1) is 38.7 Å². The normalized spacial score (nSPS) is 14.4. The maximum Gasteiger partial charge on any atom is 0.256 e. The number of rotatable bonds is 7. The standard InChI is InChI=1S/C85H75BN6O/c1-82(2,3)56-35-41-72-65(48-56)66-49-57(83(4,5)6)36-42-73(66)91(72)61-38-40-68-76(51-61)93-77-46-55(54-43-58(84(7,8)9)47-59(44-54)85(10,11)12)45-75-78(77)86(68)67-39-37-60(90-69-32-22-19-29-62(69)63-30-20-23-33-70(63)90)50-74(67)92(75)71-34-24-21-31-64(71)81-88-79(52-25-15-13-16-26-52)87-80(89-81)53-27-17-14-18-28-53/h13-51H,1-12H3/i19D,20D,22D,23D,29D,30D,32D,33D. The molecule has 93 heavy (non-hydrogen) atoms. The number of nitrogens with zero attached hydrogens (tertiary/aromatic N) is 6. The molecule has 7 nitrogen and oxygen atoms in total. The fourth-order valence-electron chi connectivity index (χ4n) is 13.8. The van der Waals surface area contributed by atoms with Crippen molar-refractivity contribution in [3.8, 4) is 68.2 Å². The molecule has 16 rings (SSSR count). The fraction of sp³-hybridized carbons (Fsp3) is 0.188. The van der Waals surface area contributed by atoms with Crippen LogP contribution < -0.4 is 26.0 Å². The number of hydrogen-bond donors (Lipinski definition) is 0. The highest BCUT2D eigenvalue weighted by atomic mass is 16.5. The Labute approximate surface area is 557 Å². The van der Waals surface area contributed by atoms with Crippen molar-refractivity contribution >= 4 is 83.8 Å². The van der Waals surface area contributed by atoms with Crippen molar-refractivity contribution in [2.24, 2.45) is 0 Å². The first-order valence-electron chi connectivity index (χ1n) is 36.1. The van der Waals surface area contributed by atoms with Crippen molar-refractivity contribution in [1.82, 2.24) is 24.1 Å². The van der Waals surface area contributed by atoms with E-state index in [1.807, 2.05) is 91.0 Å². The summed E-state index contributed by atoms with van der Waals surface area (Å²) in [4.78, 5) is 18.1. The van der Waals surface area contributed by atoms with Crippen molar-refractivity contribution in [3.63, 3.8) is 0 Å². The Hall–Kier alpha value is -10.3. The Morgan fingerprint density at radius 1 is 0.355 bits per heavy atom. The smallest absolute Gasteiger partial charge is 0.256 e. The first kappa shape index (κ1) is 49.4. The minimum atomic E-state index is -0.513. The second-order valence-corrected chi connectivity index (χ2v) is 29.2. The van der Waals surface area contributed by atoms with Gasteiger partial charge >= 0.3 is 0 Å². The van der Waals surface area contributed by atoms with Crippen LogP contribution in [0.4, 0.5) is 17.1 Å². The number of fused-ring (bicyclic) bond motifs is 10. The molecular weight excluding hydrogens is 1130 g/mol. The zero-order valence-electron chi connectivity index (χ0n) is 62.6. The molecule has 454 valence electrons. The molecule has 11 aromatic carbocycles. The molecule has 2 aliphatic rings. The molecule has 0 spiro atoms. The predicted molar refractivity (Wildman–Crippen MR) is 391 cm³/mol. The number of para-hydroxylation sites is 3. The molecule has 14 aromatic rings. The summed E-state index contributed by atoms with van der Waals surface area (Å²) in [7, 11) is 0. The minimum Gasteiger partial charge on any atom is -0.458 e. The summed E-state index contributed by atoms with van der Waals surface area (Å²) >= 11 is 0. The Morgan fingerprint density at radius 3 is 1.40 bits per heavy atom.